The van der Waals surface area contributed by atoms with Crippen molar-refractivity contribution in [1.82, 2.24) is 10.2 Å². The number of nitrogens with zero attached hydrogens (tertiary/aromatic N) is 2. The summed E-state index contributed by atoms with van der Waals surface area (Å²) in [7, 11) is 0. The van der Waals surface area contributed by atoms with Gasteiger partial charge in [-0.05, 0) is 26.0 Å². The number of carbonyl (C=O) groups excluding carboxylic acids is 1. The third-order valence-electron chi connectivity index (χ3n) is 4.68. The van der Waals surface area contributed by atoms with Gasteiger partial charge in [0, 0.05) is 32.7 Å². The molecular weight excluding hydrogens is 306 g/mol. The molecule has 1 aromatic rings. The van der Waals surface area contributed by atoms with Crippen LogP contribution < -0.4 is 15.0 Å². The highest BCUT2D eigenvalue weighted by atomic mass is 16.5. The Labute approximate surface area is 143 Å². The molecule has 2 saturated heterocycles. The standard InChI is InChI=1S/C18H27N3O3/c1-3-23-16-7-5-4-6-15(16)20-9-11-21(12-10-20)18(22)17-14(2)24-13-8-19-17/h4-7,14,17,19H,3,8-13H2,1-2H3/t14-,17+/m1/s1. The molecule has 132 valence electrons. The Hall–Kier alpha value is -1.79. The lowest BCUT2D eigenvalue weighted by atomic mass is 10.1. The van der Waals surface area contributed by atoms with Crippen molar-refractivity contribution < 1.29 is 14.3 Å². The van der Waals surface area contributed by atoms with Crippen molar-refractivity contribution in [2.24, 2.45) is 0 Å². The number of anilines is 1. The summed E-state index contributed by atoms with van der Waals surface area (Å²) in [5.74, 6) is 1.07. The van der Waals surface area contributed by atoms with Crippen LogP contribution in [0.5, 0.6) is 5.75 Å². The molecule has 3 rings (SSSR count). The summed E-state index contributed by atoms with van der Waals surface area (Å²) in [6.45, 7) is 9.11. The molecule has 0 aromatic heterocycles. The van der Waals surface area contributed by atoms with Crippen LogP contribution in [-0.4, -0.2) is 68.9 Å². The van der Waals surface area contributed by atoms with Gasteiger partial charge in [0.15, 0.2) is 0 Å². The number of hydrogen-bond acceptors (Lipinski definition) is 5. The topological polar surface area (TPSA) is 54.0 Å². The molecule has 0 bridgehead atoms. The average Bonchev–Trinajstić information content (AvgIpc) is 2.63. The predicted molar refractivity (Wildman–Crippen MR) is 93.6 cm³/mol. The van der Waals surface area contributed by atoms with E-state index in [0.29, 0.717) is 13.2 Å². The van der Waals surface area contributed by atoms with Gasteiger partial charge in [-0.15, -0.1) is 0 Å². The Balaban J connectivity index is 1.60. The quantitative estimate of drug-likeness (QED) is 0.895. The summed E-state index contributed by atoms with van der Waals surface area (Å²) in [4.78, 5) is 17.0. The Morgan fingerprint density at radius 1 is 1.29 bits per heavy atom. The minimum Gasteiger partial charge on any atom is -0.492 e. The minimum atomic E-state index is -0.221. The van der Waals surface area contributed by atoms with E-state index in [1.807, 2.05) is 36.9 Å². The van der Waals surface area contributed by atoms with Gasteiger partial charge in [-0.3, -0.25) is 4.79 Å². The summed E-state index contributed by atoms with van der Waals surface area (Å²) >= 11 is 0. The fourth-order valence-corrected chi connectivity index (χ4v) is 3.37. The molecule has 2 fully saturated rings. The molecule has 0 spiro atoms. The first-order valence-corrected chi connectivity index (χ1v) is 8.81. The van der Waals surface area contributed by atoms with Crippen molar-refractivity contribution in [1.29, 1.82) is 0 Å². The maximum atomic E-state index is 12.7. The summed E-state index contributed by atoms with van der Waals surface area (Å²) in [6.07, 6.45) is -0.0667. The Morgan fingerprint density at radius 3 is 2.75 bits per heavy atom. The predicted octanol–water partition coefficient (Wildman–Crippen LogP) is 1.11. The van der Waals surface area contributed by atoms with E-state index in [2.05, 4.69) is 16.3 Å². The van der Waals surface area contributed by atoms with Gasteiger partial charge < -0.3 is 24.6 Å². The van der Waals surface area contributed by atoms with Gasteiger partial charge in [0.2, 0.25) is 5.91 Å². The fraction of sp³-hybridized carbons (Fsp3) is 0.611. The van der Waals surface area contributed by atoms with Gasteiger partial charge in [0.25, 0.3) is 0 Å². The van der Waals surface area contributed by atoms with Gasteiger partial charge in [-0.1, -0.05) is 12.1 Å². The first-order chi connectivity index (χ1) is 11.7. The molecule has 0 radical (unpaired) electrons. The van der Waals surface area contributed by atoms with Crippen LogP contribution in [0.3, 0.4) is 0 Å². The third kappa shape index (κ3) is 3.65. The highest BCUT2D eigenvalue weighted by Gasteiger charge is 2.33. The van der Waals surface area contributed by atoms with Crippen LogP contribution in [0.25, 0.3) is 0 Å². The maximum Gasteiger partial charge on any atom is 0.242 e. The van der Waals surface area contributed by atoms with E-state index in [4.69, 9.17) is 9.47 Å². The largest absolute Gasteiger partial charge is 0.492 e. The molecule has 2 aliphatic rings. The number of nitrogens with one attached hydrogen (secondary N) is 1. The zero-order chi connectivity index (χ0) is 16.9. The molecule has 0 aliphatic carbocycles. The third-order valence-corrected chi connectivity index (χ3v) is 4.68. The van der Waals surface area contributed by atoms with E-state index in [1.165, 1.54) is 0 Å². The number of piperazine rings is 1. The summed E-state index contributed by atoms with van der Waals surface area (Å²) in [6, 6.07) is 7.88. The lowest BCUT2D eigenvalue weighted by Crippen LogP contribution is -2.59. The van der Waals surface area contributed by atoms with Gasteiger partial charge in [-0.2, -0.15) is 0 Å². The second-order valence-corrected chi connectivity index (χ2v) is 6.22. The lowest BCUT2D eigenvalue weighted by Gasteiger charge is -2.39. The zero-order valence-corrected chi connectivity index (χ0v) is 14.5. The molecule has 1 N–H and O–H groups in total. The molecule has 2 heterocycles. The zero-order valence-electron chi connectivity index (χ0n) is 14.5. The first-order valence-electron chi connectivity index (χ1n) is 8.81. The fourth-order valence-electron chi connectivity index (χ4n) is 3.37. The maximum absolute atomic E-state index is 12.7. The number of amides is 1. The van der Waals surface area contributed by atoms with Gasteiger partial charge >= 0.3 is 0 Å². The van der Waals surface area contributed by atoms with Crippen LogP contribution >= 0.6 is 0 Å². The van der Waals surface area contributed by atoms with Crippen molar-refractivity contribution >= 4 is 11.6 Å². The van der Waals surface area contributed by atoms with E-state index < -0.39 is 0 Å². The highest BCUT2D eigenvalue weighted by Crippen LogP contribution is 2.29. The Kier molecular flexibility index (Phi) is 5.58. The van der Waals surface area contributed by atoms with Crippen molar-refractivity contribution in [3.63, 3.8) is 0 Å². The van der Waals surface area contributed by atoms with Crippen molar-refractivity contribution in [3.8, 4) is 5.75 Å². The number of carbonyl (C=O) groups is 1. The monoisotopic (exact) mass is 333 g/mol. The number of hydrogen-bond donors (Lipinski definition) is 1. The van der Waals surface area contributed by atoms with E-state index >= 15 is 0 Å². The second-order valence-electron chi connectivity index (χ2n) is 6.22. The Morgan fingerprint density at radius 2 is 2.04 bits per heavy atom. The van der Waals surface area contributed by atoms with E-state index in [1.54, 1.807) is 0 Å². The average molecular weight is 333 g/mol. The van der Waals surface area contributed by atoms with Crippen LogP contribution in [0.4, 0.5) is 5.69 Å². The van der Waals surface area contributed by atoms with Crippen molar-refractivity contribution in [2.45, 2.75) is 26.0 Å². The van der Waals surface area contributed by atoms with Crippen LogP contribution in [0.2, 0.25) is 0 Å². The normalized spacial score (nSPS) is 24.8. The summed E-state index contributed by atoms with van der Waals surface area (Å²) in [5, 5.41) is 3.28. The molecule has 2 atom stereocenters. The number of para-hydroxylation sites is 2. The number of rotatable bonds is 4. The smallest absolute Gasteiger partial charge is 0.242 e. The summed E-state index contributed by atoms with van der Waals surface area (Å²) < 4.78 is 11.3. The van der Waals surface area contributed by atoms with Crippen LogP contribution in [-0.2, 0) is 9.53 Å². The molecule has 0 saturated carbocycles. The van der Waals surface area contributed by atoms with Gasteiger partial charge in [0.1, 0.15) is 11.8 Å². The lowest BCUT2D eigenvalue weighted by molar-refractivity contribution is -0.139. The van der Waals surface area contributed by atoms with Crippen LogP contribution in [0, 0.1) is 0 Å². The summed E-state index contributed by atoms with van der Waals surface area (Å²) in [5.41, 5.74) is 1.11. The molecule has 1 aromatic carbocycles. The minimum absolute atomic E-state index is 0.0667. The molecule has 0 unspecified atom stereocenters. The second kappa shape index (κ2) is 7.85. The number of ether oxygens (including phenoxy) is 2. The van der Waals surface area contributed by atoms with Crippen LogP contribution in [0.15, 0.2) is 24.3 Å². The number of morpholine rings is 1. The van der Waals surface area contributed by atoms with Gasteiger partial charge in [0.05, 0.1) is 25.0 Å². The van der Waals surface area contributed by atoms with E-state index in [9.17, 15) is 4.79 Å². The van der Waals surface area contributed by atoms with Crippen molar-refractivity contribution in [2.75, 3.05) is 50.8 Å². The van der Waals surface area contributed by atoms with Crippen molar-refractivity contribution in [3.05, 3.63) is 24.3 Å². The SMILES string of the molecule is CCOc1ccccc1N1CCN(C(=O)[C@H]2NCCO[C@@H]2C)CC1. The van der Waals surface area contributed by atoms with E-state index in [-0.39, 0.29) is 18.1 Å². The van der Waals surface area contributed by atoms with Crippen LogP contribution in [0.1, 0.15) is 13.8 Å². The molecule has 2 aliphatic heterocycles. The highest BCUT2D eigenvalue weighted by molar-refractivity contribution is 5.83. The number of benzene rings is 1. The molecule has 24 heavy (non-hydrogen) atoms. The Bertz CT molecular complexity index is 558. The molecule has 6 heteroatoms. The first kappa shape index (κ1) is 17.0. The molecular formula is C18H27N3O3. The van der Waals surface area contributed by atoms with E-state index in [0.717, 1.165) is 44.2 Å². The molecule has 6 nitrogen and oxygen atoms in total. The molecule has 1 amide bonds. The van der Waals surface area contributed by atoms with Gasteiger partial charge in [-0.25, -0.2) is 0 Å².